The largest absolute Gasteiger partial charge is 0.393 e. The van der Waals surface area contributed by atoms with Crippen LogP contribution in [-0.2, 0) is 0 Å². The lowest BCUT2D eigenvalue weighted by atomic mass is 9.99. The number of rotatable bonds is 3. The lowest BCUT2D eigenvalue weighted by Crippen LogP contribution is -2.47. The van der Waals surface area contributed by atoms with E-state index in [1.54, 1.807) is 6.33 Å². The molecule has 2 aromatic rings. The Morgan fingerprint density at radius 2 is 1.37 bits per heavy atom. The maximum atomic E-state index is 13.1. The first-order valence-electron chi connectivity index (χ1n) is 9.72. The Labute approximate surface area is 159 Å². The van der Waals surface area contributed by atoms with Crippen molar-refractivity contribution in [1.82, 2.24) is 9.97 Å². The van der Waals surface area contributed by atoms with Crippen LogP contribution in [0.5, 0.6) is 0 Å². The summed E-state index contributed by atoms with van der Waals surface area (Å²) in [4.78, 5) is 15.7. The third-order valence-corrected chi connectivity index (χ3v) is 5.70. The van der Waals surface area contributed by atoms with Gasteiger partial charge in [-0.25, -0.2) is 14.4 Å². The fraction of sp³-hybridized carbons (Fsp3) is 0.500. The highest BCUT2D eigenvalue weighted by Gasteiger charge is 2.24. The topological polar surface area (TPSA) is 61.5 Å². The highest BCUT2D eigenvalue weighted by atomic mass is 19.1. The number of nitrogens with two attached hydrogens (primary N) is 1. The van der Waals surface area contributed by atoms with E-state index in [0.29, 0.717) is 5.69 Å². The lowest BCUT2D eigenvalue weighted by Gasteiger charge is -2.38. The van der Waals surface area contributed by atoms with Crippen LogP contribution in [0, 0.1) is 11.7 Å². The SMILES string of the molecule is CC1CCN(c2ncnc(N3CCN(c4ccc(F)cc4)CC3)c2N)CC1. The van der Waals surface area contributed by atoms with Gasteiger partial charge in [0.15, 0.2) is 11.6 Å². The van der Waals surface area contributed by atoms with Crippen LogP contribution in [0.3, 0.4) is 0 Å². The molecule has 6 nitrogen and oxygen atoms in total. The van der Waals surface area contributed by atoms with E-state index >= 15 is 0 Å². The number of halogens is 1. The summed E-state index contributed by atoms with van der Waals surface area (Å²) in [5, 5.41) is 0. The molecule has 1 aromatic heterocycles. The first-order chi connectivity index (χ1) is 13.1. The quantitative estimate of drug-likeness (QED) is 0.896. The normalized spacial score (nSPS) is 18.8. The van der Waals surface area contributed by atoms with Gasteiger partial charge in [0.1, 0.15) is 17.8 Å². The standard InChI is InChI=1S/C20H27FN6/c1-15-6-8-26(9-7-15)19-18(22)20(24-14-23-19)27-12-10-25(11-13-27)17-4-2-16(21)3-5-17/h2-5,14-15H,6-13,22H2,1H3. The van der Waals surface area contributed by atoms with Gasteiger partial charge in [-0.3, -0.25) is 0 Å². The van der Waals surface area contributed by atoms with Crippen LogP contribution in [0.2, 0.25) is 0 Å². The molecule has 3 heterocycles. The second-order valence-electron chi connectivity index (χ2n) is 7.55. The van der Waals surface area contributed by atoms with Crippen molar-refractivity contribution in [3.63, 3.8) is 0 Å². The van der Waals surface area contributed by atoms with E-state index in [2.05, 4.69) is 31.6 Å². The molecule has 0 amide bonds. The molecule has 27 heavy (non-hydrogen) atoms. The number of hydrogen-bond donors (Lipinski definition) is 1. The van der Waals surface area contributed by atoms with E-state index in [1.807, 2.05) is 12.1 Å². The molecule has 4 rings (SSSR count). The number of benzene rings is 1. The van der Waals surface area contributed by atoms with Crippen molar-refractivity contribution in [2.75, 3.05) is 59.7 Å². The molecule has 0 spiro atoms. The van der Waals surface area contributed by atoms with E-state index in [9.17, 15) is 4.39 Å². The second-order valence-corrected chi connectivity index (χ2v) is 7.55. The molecule has 2 N–H and O–H groups in total. The molecule has 2 fully saturated rings. The molecule has 144 valence electrons. The Hall–Kier alpha value is -2.57. The molecule has 0 atom stereocenters. The van der Waals surface area contributed by atoms with Crippen molar-refractivity contribution >= 4 is 23.0 Å². The Bertz CT molecular complexity index is 765. The van der Waals surface area contributed by atoms with Crippen LogP contribution < -0.4 is 20.4 Å². The molecule has 2 aliphatic rings. The summed E-state index contributed by atoms with van der Waals surface area (Å²) in [5.41, 5.74) is 8.21. The van der Waals surface area contributed by atoms with Crippen LogP contribution in [0.4, 0.5) is 27.4 Å². The summed E-state index contributed by atoms with van der Waals surface area (Å²) < 4.78 is 13.1. The van der Waals surface area contributed by atoms with Crippen molar-refractivity contribution in [2.24, 2.45) is 5.92 Å². The van der Waals surface area contributed by atoms with Gasteiger partial charge >= 0.3 is 0 Å². The Balaban J connectivity index is 1.45. The highest BCUT2D eigenvalue weighted by Crippen LogP contribution is 2.32. The van der Waals surface area contributed by atoms with Gasteiger partial charge in [-0.05, 0) is 43.0 Å². The second kappa shape index (κ2) is 7.58. The fourth-order valence-corrected chi connectivity index (χ4v) is 3.93. The van der Waals surface area contributed by atoms with Gasteiger partial charge in [0, 0.05) is 45.0 Å². The van der Waals surface area contributed by atoms with Gasteiger partial charge in [0.25, 0.3) is 0 Å². The van der Waals surface area contributed by atoms with Crippen molar-refractivity contribution < 1.29 is 4.39 Å². The molecule has 0 unspecified atom stereocenters. The van der Waals surface area contributed by atoms with Gasteiger partial charge in [0.05, 0.1) is 0 Å². The average molecular weight is 370 g/mol. The van der Waals surface area contributed by atoms with Gasteiger partial charge in [-0.2, -0.15) is 0 Å². The first-order valence-corrected chi connectivity index (χ1v) is 9.72. The zero-order valence-corrected chi connectivity index (χ0v) is 15.8. The molecule has 2 saturated heterocycles. The van der Waals surface area contributed by atoms with E-state index in [4.69, 9.17) is 5.73 Å². The Morgan fingerprint density at radius 3 is 1.96 bits per heavy atom. The maximum absolute atomic E-state index is 13.1. The van der Waals surface area contributed by atoms with Crippen molar-refractivity contribution in [3.05, 3.63) is 36.4 Å². The number of hydrogen-bond acceptors (Lipinski definition) is 6. The van der Waals surface area contributed by atoms with E-state index in [0.717, 1.165) is 62.5 Å². The molecule has 0 radical (unpaired) electrons. The van der Waals surface area contributed by atoms with E-state index in [-0.39, 0.29) is 5.82 Å². The molecule has 2 aliphatic heterocycles. The highest BCUT2D eigenvalue weighted by molar-refractivity contribution is 5.76. The van der Waals surface area contributed by atoms with E-state index < -0.39 is 0 Å². The molecular formula is C20H27FN6. The number of nitrogen functional groups attached to an aromatic ring is 1. The van der Waals surface area contributed by atoms with Crippen molar-refractivity contribution in [3.8, 4) is 0 Å². The summed E-state index contributed by atoms with van der Waals surface area (Å²) in [5.74, 6) is 2.26. The molecule has 1 aromatic carbocycles. The number of piperidine rings is 1. The van der Waals surface area contributed by atoms with Crippen molar-refractivity contribution in [1.29, 1.82) is 0 Å². The summed E-state index contributed by atoms with van der Waals surface area (Å²) >= 11 is 0. The van der Waals surface area contributed by atoms with Gasteiger partial charge in [-0.15, -0.1) is 0 Å². The molecule has 0 bridgehead atoms. The van der Waals surface area contributed by atoms with Crippen molar-refractivity contribution in [2.45, 2.75) is 19.8 Å². The number of aromatic nitrogens is 2. The number of anilines is 4. The van der Waals surface area contributed by atoms with Gasteiger partial charge < -0.3 is 20.4 Å². The summed E-state index contributed by atoms with van der Waals surface area (Å²) in [6, 6.07) is 6.69. The molecule has 0 saturated carbocycles. The van der Waals surface area contributed by atoms with Gasteiger partial charge in [-0.1, -0.05) is 6.92 Å². The van der Waals surface area contributed by atoms with Crippen LogP contribution >= 0.6 is 0 Å². The maximum Gasteiger partial charge on any atom is 0.157 e. The number of piperazine rings is 1. The van der Waals surface area contributed by atoms with Crippen LogP contribution in [-0.4, -0.2) is 49.2 Å². The van der Waals surface area contributed by atoms with Gasteiger partial charge in [0.2, 0.25) is 0 Å². The molecule has 0 aliphatic carbocycles. The average Bonchev–Trinajstić information content (AvgIpc) is 2.70. The molecule has 7 heteroatoms. The predicted molar refractivity (Wildman–Crippen MR) is 108 cm³/mol. The third-order valence-electron chi connectivity index (χ3n) is 5.70. The summed E-state index contributed by atoms with van der Waals surface area (Å²) in [7, 11) is 0. The van der Waals surface area contributed by atoms with Crippen LogP contribution in [0.15, 0.2) is 30.6 Å². The molecular weight excluding hydrogens is 343 g/mol. The fourth-order valence-electron chi connectivity index (χ4n) is 3.93. The number of nitrogens with zero attached hydrogens (tertiary/aromatic N) is 5. The minimum absolute atomic E-state index is 0.203. The zero-order chi connectivity index (χ0) is 18.8. The minimum Gasteiger partial charge on any atom is -0.393 e. The summed E-state index contributed by atoms with van der Waals surface area (Å²) in [6.07, 6.45) is 3.98. The monoisotopic (exact) mass is 370 g/mol. The predicted octanol–water partition coefficient (Wildman–Crippen LogP) is 2.76. The van der Waals surface area contributed by atoms with E-state index in [1.165, 1.54) is 25.0 Å². The smallest absolute Gasteiger partial charge is 0.157 e. The first kappa shape index (κ1) is 17.8. The summed E-state index contributed by atoms with van der Waals surface area (Å²) in [6.45, 7) is 7.66. The zero-order valence-electron chi connectivity index (χ0n) is 15.8. The Morgan fingerprint density at radius 1 is 0.852 bits per heavy atom. The van der Waals surface area contributed by atoms with Crippen LogP contribution in [0.25, 0.3) is 0 Å². The lowest BCUT2D eigenvalue weighted by molar-refractivity contribution is 0.437. The van der Waals surface area contributed by atoms with Crippen LogP contribution in [0.1, 0.15) is 19.8 Å². The third kappa shape index (κ3) is 3.77. The Kier molecular flexibility index (Phi) is 5.01. The minimum atomic E-state index is -0.203.